The molecule has 0 saturated heterocycles. The number of aromatic nitrogens is 3. The standard InChI is InChI=1S/C22H22ClN3O5S/c1-5-26-20(14-9-16(29-2)12-17(10-14)30-3)24-25-22(26)32-19(21(27)28)11-13-8-15(23)6-7-18(13)31-4/h6-12H,5H2,1-4H3,(H,27,28)/b19-11-. The molecule has 0 aliphatic heterocycles. The van der Waals surface area contributed by atoms with Crippen LogP contribution < -0.4 is 14.2 Å². The molecule has 0 aliphatic carbocycles. The summed E-state index contributed by atoms with van der Waals surface area (Å²) in [4.78, 5) is 12.0. The molecule has 3 rings (SSSR count). The summed E-state index contributed by atoms with van der Waals surface area (Å²) in [5.74, 6) is 1.19. The van der Waals surface area contributed by atoms with E-state index in [9.17, 15) is 9.90 Å². The number of methoxy groups -OCH3 is 3. The molecule has 0 fully saturated rings. The lowest BCUT2D eigenvalue weighted by atomic mass is 10.2. The molecule has 0 unspecified atom stereocenters. The molecule has 1 aromatic heterocycles. The number of nitrogens with zero attached hydrogens (tertiary/aromatic N) is 3. The Morgan fingerprint density at radius 2 is 1.78 bits per heavy atom. The van der Waals surface area contributed by atoms with E-state index in [1.807, 2.05) is 23.6 Å². The smallest absolute Gasteiger partial charge is 0.342 e. The molecule has 0 radical (unpaired) electrons. The first-order valence-electron chi connectivity index (χ1n) is 9.53. The van der Waals surface area contributed by atoms with Crippen molar-refractivity contribution in [3.05, 3.63) is 51.9 Å². The van der Waals surface area contributed by atoms with Gasteiger partial charge in [0.25, 0.3) is 0 Å². The van der Waals surface area contributed by atoms with Crippen LogP contribution in [0, 0.1) is 0 Å². The zero-order valence-electron chi connectivity index (χ0n) is 18.0. The largest absolute Gasteiger partial charge is 0.497 e. The van der Waals surface area contributed by atoms with E-state index >= 15 is 0 Å². The summed E-state index contributed by atoms with van der Waals surface area (Å²) in [6.07, 6.45) is 1.50. The number of hydrogen-bond donors (Lipinski definition) is 1. The van der Waals surface area contributed by atoms with Crippen LogP contribution in [0.25, 0.3) is 17.5 Å². The summed E-state index contributed by atoms with van der Waals surface area (Å²) >= 11 is 7.07. The van der Waals surface area contributed by atoms with E-state index < -0.39 is 5.97 Å². The van der Waals surface area contributed by atoms with E-state index in [1.165, 1.54) is 13.2 Å². The third-order valence-corrected chi connectivity index (χ3v) is 5.77. The van der Waals surface area contributed by atoms with Crippen molar-refractivity contribution in [3.8, 4) is 28.6 Å². The maximum absolute atomic E-state index is 12.0. The second kappa shape index (κ2) is 10.4. The molecular formula is C22H22ClN3O5S. The Morgan fingerprint density at radius 3 is 2.34 bits per heavy atom. The number of thioether (sulfide) groups is 1. The Morgan fingerprint density at radius 1 is 1.09 bits per heavy atom. The number of carboxylic acid groups (broad SMARTS) is 1. The van der Waals surface area contributed by atoms with Crippen molar-refractivity contribution in [2.24, 2.45) is 0 Å². The second-order valence-corrected chi connectivity index (χ2v) is 7.90. The van der Waals surface area contributed by atoms with Gasteiger partial charge in [-0.25, -0.2) is 4.79 Å². The minimum Gasteiger partial charge on any atom is -0.497 e. The number of aliphatic carboxylic acids is 1. The molecule has 3 aromatic rings. The first kappa shape index (κ1) is 23.5. The lowest BCUT2D eigenvalue weighted by Gasteiger charge is -2.11. The Balaban J connectivity index is 2.03. The molecule has 0 spiro atoms. The van der Waals surface area contributed by atoms with E-state index in [-0.39, 0.29) is 4.91 Å². The number of carbonyl (C=O) groups is 1. The molecule has 2 aromatic carbocycles. The maximum Gasteiger partial charge on any atom is 0.342 e. The topological polar surface area (TPSA) is 95.7 Å². The van der Waals surface area contributed by atoms with Crippen LogP contribution in [0.4, 0.5) is 0 Å². The fraction of sp³-hybridized carbons (Fsp3) is 0.227. The number of benzene rings is 2. The van der Waals surface area contributed by atoms with Crippen molar-refractivity contribution in [2.75, 3.05) is 21.3 Å². The molecule has 32 heavy (non-hydrogen) atoms. The summed E-state index contributed by atoms with van der Waals surface area (Å²) in [5.41, 5.74) is 1.28. The van der Waals surface area contributed by atoms with Gasteiger partial charge in [0.1, 0.15) is 22.2 Å². The van der Waals surface area contributed by atoms with Crippen LogP contribution in [-0.4, -0.2) is 47.2 Å². The van der Waals surface area contributed by atoms with E-state index in [0.717, 1.165) is 17.3 Å². The van der Waals surface area contributed by atoms with Crippen molar-refractivity contribution in [2.45, 2.75) is 18.6 Å². The summed E-state index contributed by atoms with van der Waals surface area (Å²) < 4.78 is 17.8. The molecule has 0 saturated carbocycles. The van der Waals surface area contributed by atoms with E-state index in [1.54, 1.807) is 38.5 Å². The lowest BCUT2D eigenvalue weighted by molar-refractivity contribution is -0.131. The van der Waals surface area contributed by atoms with Crippen LogP contribution in [0.5, 0.6) is 17.2 Å². The third kappa shape index (κ3) is 5.17. The summed E-state index contributed by atoms with van der Waals surface area (Å²) in [6.45, 7) is 2.45. The molecule has 0 bridgehead atoms. The van der Waals surface area contributed by atoms with Gasteiger partial charge in [0.2, 0.25) is 0 Å². The van der Waals surface area contributed by atoms with Gasteiger partial charge in [-0.1, -0.05) is 11.6 Å². The van der Waals surface area contributed by atoms with E-state index in [2.05, 4.69) is 10.2 Å². The maximum atomic E-state index is 12.0. The highest BCUT2D eigenvalue weighted by molar-refractivity contribution is 8.04. The van der Waals surface area contributed by atoms with Crippen molar-refractivity contribution in [3.63, 3.8) is 0 Å². The minimum atomic E-state index is -1.10. The van der Waals surface area contributed by atoms with Gasteiger partial charge < -0.3 is 23.9 Å². The van der Waals surface area contributed by atoms with Gasteiger partial charge in [0, 0.05) is 28.8 Å². The molecule has 0 amide bonds. The Hall–Kier alpha value is -3.17. The number of ether oxygens (including phenoxy) is 3. The first-order valence-corrected chi connectivity index (χ1v) is 10.7. The number of hydrogen-bond acceptors (Lipinski definition) is 7. The highest BCUT2D eigenvalue weighted by atomic mass is 35.5. The molecule has 10 heteroatoms. The summed E-state index contributed by atoms with van der Waals surface area (Å²) in [5, 5.41) is 19.2. The molecular weight excluding hydrogens is 454 g/mol. The number of halogens is 1. The van der Waals surface area contributed by atoms with Crippen LogP contribution in [0.2, 0.25) is 5.02 Å². The molecule has 0 atom stereocenters. The Kier molecular flexibility index (Phi) is 7.66. The predicted molar refractivity (Wildman–Crippen MR) is 124 cm³/mol. The lowest BCUT2D eigenvalue weighted by Crippen LogP contribution is -2.03. The predicted octanol–water partition coefficient (Wildman–Crippen LogP) is 4.86. The van der Waals surface area contributed by atoms with Crippen LogP contribution >= 0.6 is 23.4 Å². The third-order valence-electron chi connectivity index (χ3n) is 4.53. The number of rotatable bonds is 9. The quantitative estimate of drug-likeness (QED) is 0.346. The van der Waals surface area contributed by atoms with Gasteiger partial charge >= 0.3 is 5.97 Å². The van der Waals surface area contributed by atoms with Crippen molar-refractivity contribution in [1.82, 2.24) is 14.8 Å². The van der Waals surface area contributed by atoms with Crippen LogP contribution in [-0.2, 0) is 11.3 Å². The second-order valence-electron chi connectivity index (χ2n) is 6.45. The van der Waals surface area contributed by atoms with Gasteiger partial charge in [-0.2, -0.15) is 0 Å². The highest BCUT2D eigenvalue weighted by Crippen LogP contribution is 2.34. The van der Waals surface area contributed by atoms with Crippen molar-refractivity contribution >= 4 is 35.4 Å². The number of carboxylic acids is 1. The molecule has 168 valence electrons. The van der Waals surface area contributed by atoms with E-state index in [0.29, 0.717) is 45.4 Å². The van der Waals surface area contributed by atoms with Gasteiger partial charge in [0.05, 0.1) is 21.3 Å². The fourth-order valence-electron chi connectivity index (χ4n) is 2.99. The van der Waals surface area contributed by atoms with Gasteiger partial charge in [-0.05, 0) is 55.1 Å². The normalized spacial score (nSPS) is 11.3. The molecule has 1 heterocycles. The molecule has 1 N–H and O–H groups in total. The Labute approximate surface area is 194 Å². The zero-order valence-corrected chi connectivity index (χ0v) is 19.5. The van der Waals surface area contributed by atoms with E-state index in [4.69, 9.17) is 25.8 Å². The van der Waals surface area contributed by atoms with Crippen molar-refractivity contribution in [1.29, 1.82) is 0 Å². The monoisotopic (exact) mass is 475 g/mol. The van der Waals surface area contributed by atoms with Gasteiger partial charge in [-0.3, -0.25) is 0 Å². The van der Waals surface area contributed by atoms with Gasteiger partial charge in [-0.15, -0.1) is 10.2 Å². The minimum absolute atomic E-state index is 0.0439. The fourth-order valence-corrected chi connectivity index (χ4v) is 4.05. The average molecular weight is 476 g/mol. The van der Waals surface area contributed by atoms with Crippen LogP contribution in [0.3, 0.4) is 0 Å². The average Bonchev–Trinajstić information content (AvgIpc) is 3.20. The first-order chi connectivity index (χ1) is 15.4. The van der Waals surface area contributed by atoms with Crippen molar-refractivity contribution < 1.29 is 24.1 Å². The van der Waals surface area contributed by atoms with Crippen LogP contribution in [0.15, 0.2) is 46.5 Å². The Bertz CT molecular complexity index is 1140. The van der Waals surface area contributed by atoms with Gasteiger partial charge in [0.15, 0.2) is 11.0 Å². The SMILES string of the molecule is CCn1c(S/C(=C\c2cc(Cl)ccc2OC)C(=O)O)nnc1-c1cc(OC)cc(OC)c1. The summed E-state index contributed by atoms with van der Waals surface area (Å²) in [6, 6.07) is 10.4. The molecule has 8 nitrogen and oxygen atoms in total. The zero-order chi connectivity index (χ0) is 23.3. The summed E-state index contributed by atoms with van der Waals surface area (Å²) in [7, 11) is 4.65. The highest BCUT2D eigenvalue weighted by Gasteiger charge is 2.20. The molecule has 0 aliphatic rings. The van der Waals surface area contributed by atoms with Crippen LogP contribution in [0.1, 0.15) is 12.5 Å².